The summed E-state index contributed by atoms with van der Waals surface area (Å²) in [5.74, 6) is 1.13. The Hall–Kier alpha value is -2.55. The minimum Gasteiger partial charge on any atom is -0.484 e. The van der Waals surface area contributed by atoms with Gasteiger partial charge in [0.25, 0.3) is 5.88 Å². The molecule has 6 nitrogen and oxygen atoms in total. The highest BCUT2D eigenvalue weighted by atomic mass is 19.4. The number of aryl methyl sites for hydroxylation is 1. The average molecular weight is 437 g/mol. The van der Waals surface area contributed by atoms with E-state index in [1.165, 1.54) is 6.07 Å². The third-order valence-corrected chi connectivity index (χ3v) is 5.69. The summed E-state index contributed by atoms with van der Waals surface area (Å²) in [4.78, 5) is 10.9. The van der Waals surface area contributed by atoms with E-state index in [9.17, 15) is 13.2 Å². The monoisotopic (exact) mass is 437 g/mol. The van der Waals surface area contributed by atoms with Gasteiger partial charge in [0.05, 0.1) is 5.69 Å². The average Bonchev–Trinajstić information content (AvgIpc) is 2.71. The van der Waals surface area contributed by atoms with Crippen molar-refractivity contribution in [1.82, 2.24) is 14.9 Å². The van der Waals surface area contributed by atoms with Gasteiger partial charge in [-0.1, -0.05) is 0 Å². The molecule has 1 fully saturated rings. The van der Waals surface area contributed by atoms with E-state index in [4.69, 9.17) is 9.47 Å². The number of halogens is 3. The molecule has 2 aromatic heterocycles. The van der Waals surface area contributed by atoms with E-state index in [2.05, 4.69) is 26.5 Å². The minimum absolute atomic E-state index is 0.0990. The fourth-order valence-electron chi connectivity index (χ4n) is 4.31. The predicted molar refractivity (Wildman–Crippen MR) is 107 cm³/mol. The van der Waals surface area contributed by atoms with Crippen molar-refractivity contribution in [3.8, 4) is 17.5 Å². The number of hydrogen-bond acceptors (Lipinski definition) is 6. The molecule has 2 aliphatic rings. The SMILES string of the molecule is Cc1cc(CC2CCCN(C(C)c3ccc4c(n3)OCCO4)C2)cc(OC(F)(F)F)n1. The van der Waals surface area contributed by atoms with Gasteiger partial charge in [0.1, 0.15) is 13.2 Å². The molecule has 2 aromatic rings. The van der Waals surface area contributed by atoms with Crippen molar-refractivity contribution >= 4 is 0 Å². The van der Waals surface area contributed by atoms with E-state index in [-0.39, 0.29) is 6.04 Å². The first kappa shape index (κ1) is 21.7. The highest BCUT2D eigenvalue weighted by molar-refractivity contribution is 5.36. The number of pyridine rings is 2. The van der Waals surface area contributed by atoms with Crippen LogP contribution < -0.4 is 14.2 Å². The third-order valence-electron chi connectivity index (χ3n) is 5.69. The van der Waals surface area contributed by atoms with Crippen LogP contribution in [0.2, 0.25) is 0 Å². The molecule has 0 saturated carbocycles. The van der Waals surface area contributed by atoms with Gasteiger partial charge in [-0.2, -0.15) is 0 Å². The second-order valence-corrected chi connectivity index (χ2v) is 8.12. The maximum Gasteiger partial charge on any atom is 0.574 e. The predicted octanol–water partition coefficient (Wildman–Crippen LogP) is 4.47. The summed E-state index contributed by atoms with van der Waals surface area (Å²) in [5.41, 5.74) is 2.24. The summed E-state index contributed by atoms with van der Waals surface area (Å²) < 4.78 is 52.9. The summed E-state index contributed by atoms with van der Waals surface area (Å²) in [7, 11) is 0. The van der Waals surface area contributed by atoms with E-state index in [0.717, 1.165) is 37.2 Å². The van der Waals surface area contributed by atoms with Crippen LogP contribution >= 0.6 is 0 Å². The second-order valence-electron chi connectivity index (χ2n) is 8.12. The number of alkyl halides is 3. The quantitative estimate of drug-likeness (QED) is 0.688. The molecule has 4 rings (SSSR count). The lowest BCUT2D eigenvalue weighted by molar-refractivity contribution is -0.276. The van der Waals surface area contributed by atoms with Crippen molar-refractivity contribution in [1.29, 1.82) is 0 Å². The number of ether oxygens (including phenoxy) is 3. The van der Waals surface area contributed by atoms with E-state index in [0.29, 0.717) is 42.9 Å². The fraction of sp³-hybridized carbons (Fsp3) is 0.545. The third kappa shape index (κ3) is 5.58. The van der Waals surface area contributed by atoms with Crippen molar-refractivity contribution in [2.75, 3.05) is 26.3 Å². The first-order valence-corrected chi connectivity index (χ1v) is 10.5. The number of aromatic nitrogens is 2. The molecule has 31 heavy (non-hydrogen) atoms. The van der Waals surface area contributed by atoms with E-state index in [1.807, 2.05) is 18.2 Å². The van der Waals surface area contributed by atoms with E-state index < -0.39 is 12.2 Å². The summed E-state index contributed by atoms with van der Waals surface area (Å²) in [6.45, 7) is 6.61. The van der Waals surface area contributed by atoms with Crippen molar-refractivity contribution < 1.29 is 27.4 Å². The largest absolute Gasteiger partial charge is 0.574 e. The molecule has 0 bridgehead atoms. The topological polar surface area (TPSA) is 56.7 Å². The van der Waals surface area contributed by atoms with Gasteiger partial charge in [-0.25, -0.2) is 9.97 Å². The second kappa shape index (κ2) is 8.90. The lowest BCUT2D eigenvalue weighted by Crippen LogP contribution is -2.38. The van der Waals surface area contributed by atoms with Crippen molar-refractivity contribution in [3.05, 3.63) is 41.2 Å². The Balaban J connectivity index is 1.43. The van der Waals surface area contributed by atoms with Gasteiger partial charge in [0.15, 0.2) is 5.75 Å². The molecule has 0 radical (unpaired) electrons. The van der Waals surface area contributed by atoms with Crippen LogP contribution in [0.25, 0.3) is 0 Å². The molecule has 0 N–H and O–H groups in total. The number of piperidine rings is 1. The first-order valence-electron chi connectivity index (χ1n) is 10.5. The molecule has 2 atom stereocenters. The Kier molecular flexibility index (Phi) is 6.22. The molecular weight excluding hydrogens is 411 g/mol. The number of fused-ring (bicyclic) bond motifs is 1. The Bertz CT molecular complexity index is 923. The van der Waals surface area contributed by atoms with Crippen LogP contribution in [-0.4, -0.2) is 47.5 Å². The zero-order chi connectivity index (χ0) is 22.0. The minimum atomic E-state index is -4.74. The Morgan fingerprint density at radius 3 is 2.81 bits per heavy atom. The molecule has 0 aliphatic carbocycles. The zero-order valence-corrected chi connectivity index (χ0v) is 17.6. The summed E-state index contributed by atoms with van der Waals surface area (Å²) in [5, 5.41) is 0. The smallest absolute Gasteiger partial charge is 0.484 e. The van der Waals surface area contributed by atoms with Gasteiger partial charge >= 0.3 is 6.36 Å². The molecule has 4 heterocycles. The normalized spacial score (nSPS) is 20.4. The number of likely N-dealkylation sites (tertiary alicyclic amines) is 1. The Morgan fingerprint density at radius 2 is 2.00 bits per heavy atom. The van der Waals surface area contributed by atoms with E-state index in [1.54, 1.807) is 6.92 Å². The fourth-order valence-corrected chi connectivity index (χ4v) is 4.31. The standard InChI is InChI=1S/C22H26F3N3O3/c1-14-10-17(12-20(26-14)31-22(23,24)25)11-16-4-3-7-28(13-16)15(2)18-5-6-19-21(27-18)30-9-8-29-19/h5-6,10,12,15-16H,3-4,7-9,11,13H2,1-2H3. The van der Waals surface area contributed by atoms with Gasteiger partial charge in [0, 0.05) is 24.3 Å². The lowest BCUT2D eigenvalue weighted by atomic mass is 9.90. The Labute approximate surface area is 179 Å². The molecule has 0 aromatic carbocycles. The maximum atomic E-state index is 12.6. The van der Waals surface area contributed by atoms with E-state index >= 15 is 0 Å². The summed E-state index contributed by atoms with van der Waals surface area (Å²) in [6.07, 6.45) is -2.02. The van der Waals surface area contributed by atoms with Gasteiger partial charge < -0.3 is 14.2 Å². The number of nitrogens with zero attached hydrogens (tertiary/aromatic N) is 3. The summed E-state index contributed by atoms with van der Waals surface area (Å²) in [6, 6.07) is 7.19. The van der Waals surface area contributed by atoms with Crippen LogP contribution in [0.1, 0.15) is 42.8 Å². The summed E-state index contributed by atoms with van der Waals surface area (Å²) >= 11 is 0. The lowest BCUT2D eigenvalue weighted by Gasteiger charge is -2.37. The highest BCUT2D eigenvalue weighted by Crippen LogP contribution is 2.33. The molecule has 2 aliphatic heterocycles. The maximum absolute atomic E-state index is 12.6. The van der Waals surface area contributed by atoms with Crippen molar-refractivity contribution in [3.63, 3.8) is 0 Å². The molecule has 0 amide bonds. The van der Waals surface area contributed by atoms with Crippen LogP contribution in [0.5, 0.6) is 17.5 Å². The molecule has 2 unspecified atom stereocenters. The molecule has 168 valence electrons. The van der Waals surface area contributed by atoms with Crippen LogP contribution in [0, 0.1) is 12.8 Å². The van der Waals surface area contributed by atoms with Crippen LogP contribution in [0.4, 0.5) is 13.2 Å². The van der Waals surface area contributed by atoms with Crippen LogP contribution in [0.3, 0.4) is 0 Å². The first-order chi connectivity index (χ1) is 14.8. The highest BCUT2D eigenvalue weighted by Gasteiger charge is 2.32. The van der Waals surface area contributed by atoms with Gasteiger partial charge in [-0.15, -0.1) is 13.2 Å². The van der Waals surface area contributed by atoms with Crippen molar-refractivity contribution in [2.45, 2.75) is 45.5 Å². The Morgan fingerprint density at radius 1 is 1.19 bits per heavy atom. The zero-order valence-electron chi connectivity index (χ0n) is 17.6. The van der Waals surface area contributed by atoms with Crippen LogP contribution in [-0.2, 0) is 6.42 Å². The van der Waals surface area contributed by atoms with Gasteiger partial charge in [-0.3, -0.25) is 4.90 Å². The molecular formula is C22H26F3N3O3. The molecule has 9 heteroatoms. The van der Waals surface area contributed by atoms with Crippen LogP contribution in [0.15, 0.2) is 24.3 Å². The van der Waals surface area contributed by atoms with Gasteiger partial charge in [-0.05, 0) is 69.3 Å². The van der Waals surface area contributed by atoms with Crippen molar-refractivity contribution in [2.24, 2.45) is 5.92 Å². The van der Waals surface area contributed by atoms with Gasteiger partial charge in [0.2, 0.25) is 5.88 Å². The number of rotatable bonds is 5. The number of hydrogen-bond donors (Lipinski definition) is 0. The molecule has 1 saturated heterocycles. The molecule has 0 spiro atoms.